The number of methoxy groups -OCH3 is 1. The van der Waals surface area contributed by atoms with E-state index >= 15 is 0 Å². The number of ether oxygens (including phenoxy) is 1. The molecule has 182 valence electrons. The number of amides is 3. The fraction of sp³-hybridized carbons (Fsp3) is 0.667. The Morgan fingerprint density at radius 3 is 2.21 bits per heavy atom. The minimum absolute atomic E-state index is 0.0338. The van der Waals surface area contributed by atoms with E-state index in [1.54, 1.807) is 0 Å². The van der Waals surface area contributed by atoms with Crippen LogP contribution in [0.25, 0.3) is 0 Å². The molecular weight excluding hydrogens is 416 g/mol. The van der Waals surface area contributed by atoms with Gasteiger partial charge in [-0.25, -0.2) is 0 Å². The first kappa shape index (κ1) is 28.3. The number of carbonyl (C=O) groups is 3. The lowest BCUT2D eigenvalue weighted by Crippen LogP contribution is -2.43. The molecule has 6 heteroatoms. The van der Waals surface area contributed by atoms with Crippen LogP contribution in [-0.4, -0.2) is 42.3 Å². The first-order chi connectivity index (χ1) is 15.9. The molecule has 6 nitrogen and oxygen atoms in total. The van der Waals surface area contributed by atoms with E-state index in [4.69, 9.17) is 17.6 Å². The lowest BCUT2D eigenvalue weighted by Gasteiger charge is -2.27. The fourth-order valence-electron chi connectivity index (χ4n) is 3.99. The summed E-state index contributed by atoms with van der Waals surface area (Å²) >= 11 is 0. The summed E-state index contributed by atoms with van der Waals surface area (Å²) in [4.78, 5) is 39.1. The van der Waals surface area contributed by atoms with Crippen LogP contribution in [0.3, 0.4) is 0 Å². The van der Waals surface area contributed by atoms with Gasteiger partial charge < -0.3 is 10.1 Å². The number of nitrogens with zero attached hydrogens (tertiary/aromatic N) is 1. The molecule has 0 radical (unpaired) electrons. The van der Waals surface area contributed by atoms with Gasteiger partial charge in [-0.2, -0.15) is 0 Å². The van der Waals surface area contributed by atoms with Crippen molar-refractivity contribution in [1.29, 1.82) is 0 Å². The molecule has 1 N–H and O–H groups in total. The van der Waals surface area contributed by atoms with Gasteiger partial charge >= 0.3 is 0 Å². The molecule has 0 aromatic rings. The highest BCUT2D eigenvalue weighted by molar-refractivity contribution is 6.04. The molecule has 1 rings (SSSR count). The zero-order chi connectivity index (χ0) is 24.6. The Balaban J connectivity index is 2.47. The van der Waals surface area contributed by atoms with Crippen molar-refractivity contribution in [1.82, 2.24) is 10.2 Å². The summed E-state index contributed by atoms with van der Waals surface area (Å²) in [7, 11) is 1.52. The topological polar surface area (TPSA) is 75.7 Å². The van der Waals surface area contributed by atoms with Gasteiger partial charge in [0, 0.05) is 37.3 Å². The molecule has 33 heavy (non-hydrogen) atoms. The molecule has 3 atom stereocenters. The van der Waals surface area contributed by atoms with Gasteiger partial charge in [0.15, 0.2) is 0 Å². The van der Waals surface area contributed by atoms with Crippen LogP contribution in [0.5, 0.6) is 0 Å². The number of rotatable bonds is 16. The molecule has 1 aliphatic rings. The standard InChI is InChI=1S/C27H40N2O4/c1-6-8-10-12-16-21(3)26(31)28-19-15-14-18-23-24(33-5)20-25(30)29(23)27(32)22(4)17-13-11-9-7-2/h1-2,20-23H,8-19H2,3-5H3,(H,28,31)/t21-,22+,23+/m1/s1. The highest BCUT2D eigenvalue weighted by atomic mass is 16.5. The Morgan fingerprint density at radius 1 is 1.03 bits per heavy atom. The normalized spacial score (nSPS) is 17.0. The number of unbranched alkanes of at least 4 members (excludes halogenated alkanes) is 5. The van der Waals surface area contributed by atoms with Gasteiger partial charge in [0.05, 0.1) is 13.2 Å². The average molecular weight is 457 g/mol. The van der Waals surface area contributed by atoms with Crippen LogP contribution in [0.4, 0.5) is 0 Å². The van der Waals surface area contributed by atoms with E-state index in [9.17, 15) is 14.4 Å². The quantitative estimate of drug-likeness (QED) is 0.279. The molecule has 3 amide bonds. The smallest absolute Gasteiger partial charge is 0.257 e. The van der Waals surface area contributed by atoms with E-state index in [0.29, 0.717) is 31.6 Å². The molecule has 0 unspecified atom stereocenters. The van der Waals surface area contributed by atoms with Crippen molar-refractivity contribution in [3.63, 3.8) is 0 Å². The van der Waals surface area contributed by atoms with Crippen molar-refractivity contribution in [2.24, 2.45) is 11.8 Å². The maximum atomic E-state index is 13.0. The Morgan fingerprint density at radius 2 is 1.64 bits per heavy atom. The molecule has 0 bridgehead atoms. The zero-order valence-electron chi connectivity index (χ0n) is 20.5. The molecule has 1 heterocycles. The SMILES string of the molecule is C#CCCCC[C@@H](C)C(=O)NCCCC[C@H]1C(OC)=CC(=O)N1C(=O)[C@@H](C)CCCCC#C. The van der Waals surface area contributed by atoms with Crippen LogP contribution in [-0.2, 0) is 19.1 Å². The van der Waals surface area contributed by atoms with Crippen LogP contribution < -0.4 is 5.32 Å². The third-order valence-electron chi connectivity index (χ3n) is 6.11. The summed E-state index contributed by atoms with van der Waals surface area (Å²) in [5.74, 6) is 5.04. The minimum atomic E-state index is -0.381. The third-order valence-corrected chi connectivity index (χ3v) is 6.11. The van der Waals surface area contributed by atoms with Gasteiger partial charge in [0.2, 0.25) is 11.8 Å². The van der Waals surface area contributed by atoms with Crippen molar-refractivity contribution in [2.45, 2.75) is 90.5 Å². The highest BCUT2D eigenvalue weighted by Gasteiger charge is 2.39. The predicted octanol–water partition coefficient (Wildman–Crippen LogP) is 4.20. The number of imide groups is 1. The van der Waals surface area contributed by atoms with E-state index in [1.165, 1.54) is 18.1 Å². The van der Waals surface area contributed by atoms with Crippen molar-refractivity contribution in [3.8, 4) is 24.7 Å². The zero-order valence-corrected chi connectivity index (χ0v) is 20.5. The van der Waals surface area contributed by atoms with Crippen molar-refractivity contribution >= 4 is 17.7 Å². The van der Waals surface area contributed by atoms with Crippen molar-refractivity contribution in [3.05, 3.63) is 11.8 Å². The second-order valence-corrected chi connectivity index (χ2v) is 8.80. The van der Waals surface area contributed by atoms with Crippen LogP contribution >= 0.6 is 0 Å². The monoisotopic (exact) mass is 456 g/mol. The van der Waals surface area contributed by atoms with Crippen LogP contribution in [0.15, 0.2) is 11.8 Å². The number of carbonyl (C=O) groups excluding carboxylic acids is 3. The predicted molar refractivity (Wildman–Crippen MR) is 131 cm³/mol. The molecule has 0 aromatic heterocycles. The maximum Gasteiger partial charge on any atom is 0.257 e. The van der Waals surface area contributed by atoms with Gasteiger partial charge in [0.25, 0.3) is 5.91 Å². The van der Waals surface area contributed by atoms with Crippen molar-refractivity contribution < 1.29 is 19.1 Å². The van der Waals surface area contributed by atoms with E-state index in [1.807, 2.05) is 13.8 Å². The molecule has 0 saturated heterocycles. The highest BCUT2D eigenvalue weighted by Crippen LogP contribution is 2.27. The van der Waals surface area contributed by atoms with E-state index in [-0.39, 0.29) is 35.6 Å². The van der Waals surface area contributed by atoms with E-state index in [0.717, 1.165) is 51.4 Å². The first-order valence-corrected chi connectivity index (χ1v) is 12.1. The van der Waals surface area contributed by atoms with E-state index < -0.39 is 0 Å². The van der Waals surface area contributed by atoms with Crippen LogP contribution in [0, 0.1) is 36.5 Å². The third kappa shape index (κ3) is 9.74. The summed E-state index contributed by atoms with van der Waals surface area (Å²) < 4.78 is 5.39. The summed E-state index contributed by atoms with van der Waals surface area (Å²) in [6, 6.07) is -0.381. The second kappa shape index (κ2) is 16.0. The average Bonchev–Trinajstić information content (AvgIpc) is 3.13. The molecule has 0 spiro atoms. The van der Waals surface area contributed by atoms with Gasteiger partial charge in [-0.15, -0.1) is 24.7 Å². The molecule has 0 aromatic carbocycles. The first-order valence-electron chi connectivity index (χ1n) is 12.1. The molecule has 1 aliphatic heterocycles. The molecule has 0 saturated carbocycles. The largest absolute Gasteiger partial charge is 0.499 e. The Kier molecular flexibility index (Phi) is 13.7. The van der Waals surface area contributed by atoms with Crippen LogP contribution in [0.1, 0.15) is 84.5 Å². The maximum absolute atomic E-state index is 13.0. The number of hydrogen-bond acceptors (Lipinski definition) is 4. The lowest BCUT2D eigenvalue weighted by atomic mass is 10.00. The molecular formula is C27H40N2O4. The number of hydrogen-bond donors (Lipinski definition) is 1. The minimum Gasteiger partial charge on any atom is -0.499 e. The Labute approximate surface area is 199 Å². The van der Waals surface area contributed by atoms with Crippen LogP contribution in [0.2, 0.25) is 0 Å². The van der Waals surface area contributed by atoms with Gasteiger partial charge in [0.1, 0.15) is 5.76 Å². The molecule has 0 aliphatic carbocycles. The summed E-state index contributed by atoms with van der Waals surface area (Å²) in [5.41, 5.74) is 0. The van der Waals surface area contributed by atoms with Gasteiger partial charge in [-0.05, 0) is 44.9 Å². The number of terminal acetylenes is 2. The summed E-state index contributed by atoms with van der Waals surface area (Å²) in [6.07, 6.45) is 20.7. The van der Waals surface area contributed by atoms with Crippen molar-refractivity contribution in [2.75, 3.05) is 13.7 Å². The summed E-state index contributed by atoms with van der Waals surface area (Å²) in [5, 5.41) is 2.98. The Bertz CT molecular complexity index is 759. The van der Waals surface area contributed by atoms with Gasteiger partial charge in [-0.3, -0.25) is 19.3 Å². The second-order valence-electron chi connectivity index (χ2n) is 8.80. The van der Waals surface area contributed by atoms with Gasteiger partial charge in [-0.1, -0.05) is 26.7 Å². The fourth-order valence-corrected chi connectivity index (χ4v) is 3.99. The summed E-state index contributed by atoms with van der Waals surface area (Å²) in [6.45, 7) is 4.36. The molecule has 0 fully saturated rings. The lowest BCUT2D eigenvalue weighted by molar-refractivity contribution is -0.146. The Hall–Kier alpha value is -2.73. The number of nitrogens with one attached hydrogen (secondary N) is 1. The van der Waals surface area contributed by atoms with E-state index in [2.05, 4.69) is 17.2 Å².